The normalized spacial score (nSPS) is 14.5. The average molecular weight is 406 g/mol. The van der Waals surface area contributed by atoms with Crippen LogP contribution in [-0.4, -0.2) is 25.4 Å². The van der Waals surface area contributed by atoms with Gasteiger partial charge in [-0.3, -0.25) is 9.59 Å². The van der Waals surface area contributed by atoms with Gasteiger partial charge in [0.1, 0.15) is 0 Å². The van der Waals surface area contributed by atoms with Gasteiger partial charge in [0.2, 0.25) is 5.91 Å². The summed E-state index contributed by atoms with van der Waals surface area (Å²) in [5.74, 6) is -0.0549. The number of fused-ring (bicyclic) bond motifs is 1. The lowest BCUT2D eigenvalue weighted by molar-refractivity contribution is -0.118. The van der Waals surface area contributed by atoms with Crippen LogP contribution in [0.5, 0.6) is 0 Å². The number of rotatable bonds is 1. The number of anilines is 2. The van der Waals surface area contributed by atoms with Crippen LogP contribution >= 0.6 is 22.6 Å². The van der Waals surface area contributed by atoms with Gasteiger partial charge in [0.05, 0.1) is 11.4 Å². The first-order valence-corrected chi connectivity index (χ1v) is 8.09. The summed E-state index contributed by atoms with van der Waals surface area (Å²) in [7, 11) is 1.76. The number of carbonyl (C=O) groups is 2. The number of benzene rings is 2. The molecule has 0 N–H and O–H groups in total. The summed E-state index contributed by atoms with van der Waals surface area (Å²) in [4.78, 5) is 28.4. The third-order valence-electron chi connectivity index (χ3n) is 3.79. The summed E-state index contributed by atoms with van der Waals surface area (Å²) in [6.45, 7) is 0.393. The summed E-state index contributed by atoms with van der Waals surface area (Å²) in [6, 6.07) is 14.9. The van der Waals surface area contributed by atoms with Crippen LogP contribution in [0.15, 0.2) is 48.5 Å². The van der Waals surface area contributed by atoms with E-state index >= 15 is 0 Å². The highest BCUT2D eigenvalue weighted by atomic mass is 127. The Hall–Kier alpha value is -1.89. The minimum Gasteiger partial charge on any atom is -0.313 e. The van der Waals surface area contributed by atoms with Crippen LogP contribution in [-0.2, 0) is 4.79 Å². The highest BCUT2D eigenvalue weighted by Gasteiger charge is 2.29. The molecule has 2 aromatic rings. The van der Waals surface area contributed by atoms with Gasteiger partial charge in [0.15, 0.2) is 0 Å². The van der Waals surface area contributed by atoms with E-state index in [4.69, 9.17) is 0 Å². The van der Waals surface area contributed by atoms with Crippen molar-refractivity contribution in [3.05, 3.63) is 57.7 Å². The Bertz CT molecular complexity index is 731. The maximum Gasteiger partial charge on any atom is 0.258 e. The summed E-state index contributed by atoms with van der Waals surface area (Å²) in [5, 5.41) is 0. The fourth-order valence-electron chi connectivity index (χ4n) is 2.60. The molecule has 112 valence electrons. The first-order valence-electron chi connectivity index (χ1n) is 7.01. The highest BCUT2D eigenvalue weighted by Crippen LogP contribution is 2.36. The van der Waals surface area contributed by atoms with Gasteiger partial charge in [-0.1, -0.05) is 24.3 Å². The van der Waals surface area contributed by atoms with Gasteiger partial charge in [-0.2, -0.15) is 0 Å². The summed E-state index contributed by atoms with van der Waals surface area (Å²) < 4.78 is 0.959. The van der Waals surface area contributed by atoms with Gasteiger partial charge in [0, 0.05) is 29.1 Å². The molecular weight excluding hydrogens is 391 g/mol. The van der Waals surface area contributed by atoms with Crippen LogP contribution in [0.25, 0.3) is 0 Å². The van der Waals surface area contributed by atoms with E-state index in [1.807, 2.05) is 36.4 Å². The molecule has 1 aliphatic rings. The fraction of sp³-hybridized carbons (Fsp3) is 0.176. The van der Waals surface area contributed by atoms with Crippen LogP contribution in [0.1, 0.15) is 16.8 Å². The molecule has 0 aliphatic carbocycles. The van der Waals surface area contributed by atoms with E-state index in [-0.39, 0.29) is 11.8 Å². The van der Waals surface area contributed by atoms with Gasteiger partial charge in [0.25, 0.3) is 5.91 Å². The predicted octanol–water partition coefficient (Wildman–Crippen LogP) is 3.30. The van der Waals surface area contributed by atoms with Crippen molar-refractivity contribution in [2.45, 2.75) is 6.42 Å². The molecule has 0 spiro atoms. The van der Waals surface area contributed by atoms with E-state index in [0.29, 0.717) is 18.5 Å². The van der Waals surface area contributed by atoms with Crippen molar-refractivity contribution in [3.63, 3.8) is 0 Å². The average Bonchev–Trinajstić information content (AvgIpc) is 2.67. The van der Waals surface area contributed by atoms with Crippen LogP contribution in [0, 0.1) is 3.57 Å². The van der Waals surface area contributed by atoms with Crippen molar-refractivity contribution in [2.75, 3.05) is 23.4 Å². The predicted molar refractivity (Wildman–Crippen MR) is 95.3 cm³/mol. The third-order valence-corrected chi connectivity index (χ3v) is 4.66. The number of halogens is 1. The smallest absolute Gasteiger partial charge is 0.258 e. The zero-order valence-electron chi connectivity index (χ0n) is 12.1. The molecule has 4 nitrogen and oxygen atoms in total. The Morgan fingerprint density at radius 3 is 2.55 bits per heavy atom. The first-order chi connectivity index (χ1) is 10.6. The molecule has 0 unspecified atom stereocenters. The lowest BCUT2D eigenvalue weighted by atomic mass is 10.1. The monoisotopic (exact) mass is 406 g/mol. The number of nitrogens with zero attached hydrogens (tertiary/aromatic N) is 2. The summed E-state index contributed by atoms with van der Waals surface area (Å²) in [6.07, 6.45) is 0.319. The van der Waals surface area contributed by atoms with E-state index in [2.05, 4.69) is 22.6 Å². The molecule has 0 saturated heterocycles. The van der Waals surface area contributed by atoms with Gasteiger partial charge in [-0.15, -0.1) is 0 Å². The molecular formula is C17H15IN2O2. The maximum absolute atomic E-state index is 12.9. The molecule has 0 radical (unpaired) electrons. The largest absolute Gasteiger partial charge is 0.313 e. The first kappa shape index (κ1) is 15.0. The quantitative estimate of drug-likeness (QED) is 0.682. The number of carbonyl (C=O) groups excluding carboxylic acids is 2. The number of hydrogen-bond donors (Lipinski definition) is 0. The Morgan fingerprint density at radius 2 is 1.82 bits per heavy atom. The molecule has 0 bridgehead atoms. The van der Waals surface area contributed by atoms with Crippen molar-refractivity contribution >= 4 is 45.8 Å². The maximum atomic E-state index is 12.9. The SMILES string of the molecule is CN1C(=O)CCN(C(=O)c2ccccc2)c2c(I)cccc21. The van der Waals surface area contributed by atoms with Gasteiger partial charge in [-0.25, -0.2) is 0 Å². The minimum absolute atomic E-state index is 0.0200. The van der Waals surface area contributed by atoms with Crippen LogP contribution in [0.4, 0.5) is 11.4 Å². The fourth-order valence-corrected chi connectivity index (χ4v) is 3.38. The highest BCUT2D eigenvalue weighted by molar-refractivity contribution is 14.1. The topological polar surface area (TPSA) is 40.6 Å². The number of hydrogen-bond acceptors (Lipinski definition) is 2. The molecule has 2 aromatic carbocycles. The van der Waals surface area contributed by atoms with E-state index in [0.717, 1.165) is 14.9 Å². The van der Waals surface area contributed by atoms with Crippen molar-refractivity contribution in [1.82, 2.24) is 0 Å². The molecule has 2 amide bonds. The molecule has 1 aliphatic heterocycles. The van der Waals surface area contributed by atoms with Crippen LogP contribution in [0.3, 0.4) is 0 Å². The molecule has 22 heavy (non-hydrogen) atoms. The van der Waals surface area contributed by atoms with Crippen LogP contribution < -0.4 is 9.80 Å². The van der Waals surface area contributed by atoms with E-state index < -0.39 is 0 Å². The molecule has 0 aromatic heterocycles. The molecule has 0 atom stereocenters. The van der Waals surface area contributed by atoms with Gasteiger partial charge in [-0.05, 0) is 46.9 Å². The third kappa shape index (κ3) is 2.61. The Morgan fingerprint density at radius 1 is 1.09 bits per heavy atom. The van der Waals surface area contributed by atoms with Crippen molar-refractivity contribution in [2.24, 2.45) is 0 Å². The second kappa shape index (κ2) is 6.08. The van der Waals surface area contributed by atoms with Gasteiger partial charge >= 0.3 is 0 Å². The lowest BCUT2D eigenvalue weighted by Gasteiger charge is -2.25. The molecule has 0 saturated carbocycles. The number of amides is 2. The molecule has 1 heterocycles. The standard InChI is InChI=1S/C17H15IN2O2/c1-19-14-9-5-8-13(18)16(14)20(11-10-15(19)21)17(22)12-6-3-2-4-7-12/h2-9H,10-11H2,1H3. The van der Waals surface area contributed by atoms with Crippen molar-refractivity contribution in [1.29, 1.82) is 0 Å². The molecule has 3 rings (SSSR count). The second-order valence-corrected chi connectivity index (χ2v) is 6.30. The number of para-hydroxylation sites is 1. The Labute approximate surface area is 142 Å². The minimum atomic E-state index is -0.0749. The lowest BCUT2D eigenvalue weighted by Crippen LogP contribution is -2.32. The Kier molecular flexibility index (Phi) is 4.15. The van der Waals surface area contributed by atoms with E-state index in [9.17, 15) is 9.59 Å². The molecule has 0 fully saturated rings. The van der Waals surface area contributed by atoms with Crippen molar-refractivity contribution < 1.29 is 9.59 Å². The summed E-state index contributed by atoms with van der Waals surface area (Å²) >= 11 is 2.21. The van der Waals surface area contributed by atoms with E-state index in [1.165, 1.54) is 0 Å². The zero-order chi connectivity index (χ0) is 15.7. The van der Waals surface area contributed by atoms with E-state index in [1.54, 1.807) is 29.0 Å². The molecule has 5 heteroatoms. The van der Waals surface area contributed by atoms with Gasteiger partial charge < -0.3 is 9.80 Å². The second-order valence-electron chi connectivity index (χ2n) is 5.13. The van der Waals surface area contributed by atoms with Crippen molar-refractivity contribution in [3.8, 4) is 0 Å². The summed E-state index contributed by atoms with van der Waals surface area (Å²) in [5.41, 5.74) is 2.22. The zero-order valence-corrected chi connectivity index (χ0v) is 14.3. The Balaban J connectivity index is 2.11. The van der Waals surface area contributed by atoms with Crippen LogP contribution in [0.2, 0.25) is 0 Å².